The fourth-order valence-corrected chi connectivity index (χ4v) is 3.22. The minimum Gasteiger partial charge on any atom is -0.373 e. The maximum absolute atomic E-state index is 12.2. The molecular formula is C16H29N3O3. The van der Waals surface area contributed by atoms with Crippen LogP contribution < -0.4 is 0 Å². The zero-order valence-corrected chi connectivity index (χ0v) is 14.3. The van der Waals surface area contributed by atoms with Crippen LogP contribution in [0, 0.1) is 0 Å². The van der Waals surface area contributed by atoms with Crippen molar-refractivity contribution in [1.82, 2.24) is 14.7 Å². The molecule has 0 aromatic rings. The molecule has 2 saturated heterocycles. The average Bonchev–Trinajstić information content (AvgIpc) is 2.60. The van der Waals surface area contributed by atoms with Gasteiger partial charge in [0.25, 0.3) is 0 Å². The van der Waals surface area contributed by atoms with Crippen molar-refractivity contribution in [1.29, 1.82) is 0 Å². The number of nitrogens with zero attached hydrogens (tertiary/aromatic N) is 3. The van der Waals surface area contributed by atoms with Gasteiger partial charge < -0.3 is 14.5 Å². The summed E-state index contributed by atoms with van der Waals surface area (Å²) in [6.45, 7) is 7.68. The zero-order valence-electron chi connectivity index (χ0n) is 14.3. The second-order valence-corrected chi connectivity index (χ2v) is 7.16. The Hall–Kier alpha value is -1.14. The Morgan fingerprint density at radius 2 is 2.05 bits per heavy atom. The number of rotatable bonds is 3. The molecule has 6 nitrogen and oxygen atoms in total. The molecule has 2 aliphatic rings. The molecule has 2 fully saturated rings. The molecule has 2 aliphatic heterocycles. The molecule has 0 N–H and O–H groups in total. The number of amides is 2. The van der Waals surface area contributed by atoms with Crippen molar-refractivity contribution in [2.24, 2.45) is 0 Å². The number of ether oxygens (including phenoxy) is 1. The predicted octanol–water partition coefficient (Wildman–Crippen LogP) is 0.567. The summed E-state index contributed by atoms with van der Waals surface area (Å²) in [6.07, 6.45) is 2.34. The van der Waals surface area contributed by atoms with Gasteiger partial charge in [-0.1, -0.05) is 0 Å². The van der Waals surface area contributed by atoms with Gasteiger partial charge in [0, 0.05) is 46.2 Å². The number of carbonyl (C=O) groups is 2. The third kappa shape index (κ3) is 4.43. The van der Waals surface area contributed by atoms with E-state index in [2.05, 4.69) is 18.7 Å². The van der Waals surface area contributed by atoms with E-state index in [4.69, 9.17) is 4.74 Å². The highest BCUT2D eigenvalue weighted by atomic mass is 16.5. The largest absolute Gasteiger partial charge is 0.373 e. The summed E-state index contributed by atoms with van der Waals surface area (Å²) in [5.41, 5.74) is -0.116. The summed E-state index contributed by atoms with van der Waals surface area (Å²) in [5, 5.41) is 0. The molecule has 126 valence electrons. The molecule has 6 heteroatoms. The first-order valence-electron chi connectivity index (χ1n) is 8.14. The molecule has 0 spiro atoms. The lowest BCUT2D eigenvalue weighted by molar-refractivity contribution is -0.138. The Kier molecular flexibility index (Phi) is 5.45. The molecule has 1 atom stereocenters. The van der Waals surface area contributed by atoms with Crippen molar-refractivity contribution >= 4 is 11.8 Å². The van der Waals surface area contributed by atoms with Gasteiger partial charge in [-0.2, -0.15) is 0 Å². The topological polar surface area (TPSA) is 53.1 Å². The van der Waals surface area contributed by atoms with Gasteiger partial charge in [0.05, 0.1) is 18.8 Å². The molecule has 2 rings (SSSR count). The SMILES string of the molecule is CN(C)C(=O)CN1CC[C@@H](N2CCOC(C)(C)C2)CCC1=O. The van der Waals surface area contributed by atoms with Crippen LogP contribution in [0.5, 0.6) is 0 Å². The summed E-state index contributed by atoms with van der Waals surface area (Å²) < 4.78 is 5.77. The fourth-order valence-electron chi connectivity index (χ4n) is 3.22. The summed E-state index contributed by atoms with van der Waals surface area (Å²) >= 11 is 0. The monoisotopic (exact) mass is 311 g/mol. The van der Waals surface area contributed by atoms with Crippen molar-refractivity contribution < 1.29 is 14.3 Å². The van der Waals surface area contributed by atoms with E-state index in [9.17, 15) is 9.59 Å². The van der Waals surface area contributed by atoms with Crippen LogP contribution in [0.3, 0.4) is 0 Å². The lowest BCUT2D eigenvalue weighted by Crippen LogP contribution is -2.52. The van der Waals surface area contributed by atoms with Crippen LogP contribution in [-0.4, -0.2) is 85.0 Å². The summed E-state index contributed by atoms with van der Waals surface area (Å²) in [7, 11) is 3.45. The number of likely N-dealkylation sites (N-methyl/N-ethyl adjacent to an activating group) is 1. The van der Waals surface area contributed by atoms with Crippen LogP contribution in [0.1, 0.15) is 33.1 Å². The Morgan fingerprint density at radius 3 is 2.68 bits per heavy atom. The van der Waals surface area contributed by atoms with Crippen molar-refractivity contribution in [3.63, 3.8) is 0 Å². The van der Waals surface area contributed by atoms with Gasteiger partial charge in [-0.05, 0) is 26.7 Å². The molecule has 0 bridgehead atoms. The Balaban J connectivity index is 1.93. The van der Waals surface area contributed by atoms with Gasteiger partial charge in [0.2, 0.25) is 11.8 Å². The van der Waals surface area contributed by atoms with Crippen LogP contribution >= 0.6 is 0 Å². The van der Waals surface area contributed by atoms with Crippen LogP contribution in [0.25, 0.3) is 0 Å². The van der Waals surface area contributed by atoms with Crippen molar-refractivity contribution in [2.45, 2.75) is 44.8 Å². The lowest BCUT2D eigenvalue weighted by atomic mass is 10.0. The van der Waals surface area contributed by atoms with Crippen LogP contribution in [-0.2, 0) is 14.3 Å². The number of likely N-dealkylation sites (tertiary alicyclic amines) is 1. The highest BCUT2D eigenvalue weighted by Crippen LogP contribution is 2.24. The first-order chi connectivity index (χ1) is 10.3. The molecule has 22 heavy (non-hydrogen) atoms. The molecule has 0 aliphatic carbocycles. The van der Waals surface area contributed by atoms with E-state index >= 15 is 0 Å². The molecule has 2 heterocycles. The Labute approximate surface area is 133 Å². The number of hydrogen-bond donors (Lipinski definition) is 0. The van der Waals surface area contributed by atoms with E-state index in [0.29, 0.717) is 19.0 Å². The van der Waals surface area contributed by atoms with Crippen molar-refractivity contribution in [2.75, 3.05) is 46.9 Å². The van der Waals surface area contributed by atoms with Gasteiger partial charge in [0.1, 0.15) is 0 Å². The highest BCUT2D eigenvalue weighted by Gasteiger charge is 2.33. The summed E-state index contributed by atoms with van der Waals surface area (Å²) in [5.74, 6) is 0.0875. The van der Waals surface area contributed by atoms with E-state index in [1.54, 1.807) is 23.9 Å². The maximum atomic E-state index is 12.2. The fraction of sp³-hybridized carbons (Fsp3) is 0.875. The van der Waals surface area contributed by atoms with E-state index in [1.165, 1.54) is 0 Å². The van der Waals surface area contributed by atoms with E-state index in [-0.39, 0.29) is 24.0 Å². The second-order valence-electron chi connectivity index (χ2n) is 7.16. The lowest BCUT2D eigenvalue weighted by Gasteiger charge is -2.42. The zero-order chi connectivity index (χ0) is 16.3. The predicted molar refractivity (Wildman–Crippen MR) is 84.5 cm³/mol. The molecule has 0 radical (unpaired) electrons. The Morgan fingerprint density at radius 1 is 1.32 bits per heavy atom. The van der Waals surface area contributed by atoms with E-state index in [1.807, 2.05) is 0 Å². The van der Waals surface area contributed by atoms with Crippen LogP contribution in [0.4, 0.5) is 0 Å². The first kappa shape index (κ1) is 17.2. The normalized spacial score (nSPS) is 26.6. The molecule has 2 amide bonds. The van der Waals surface area contributed by atoms with Crippen LogP contribution in [0.15, 0.2) is 0 Å². The van der Waals surface area contributed by atoms with Gasteiger partial charge in [-0.3, -0.25) is 14.5 Å². The third-order valence-electron chi connectivity index (χ3n) is 4.57. The number of hydrogen-bond acceptors (Lipinski definition) is 4. The molecule has 0 aromatic carbocycles. The van der Waals surface area contributed by atoms with Gasteiger partial charge >= 0.3 is 0 Å². The maximum Gasteiger partial charge on any atom is 0.241 e. The van der Waals surface area contributed by atoms with Crippen LogP contribution in [0.2, 0.25) is 0 Å². The van der Waals surface area contributed by atoms with Crippen molar-refractivity contribution in [3.05, 3.63) is 0 Å². The highest BCUT2D eigenvalue weighted by molar-refractivity contribution is 5.84. The van der Waals surface area contributed by atoms with Gasteiger partial charge in [-0.25, -0.2) is 0 Å². The molecule has 0 aromatic heterocycles. The smallest absolute Gasteiger partial charge is 0.241 e. The summed E-state index contributed by atoms with van der Waals surface area (Å²) in [4.78, 5) is 29.8. The minimum absolute atomic E-state index is 0.0145. The number of carbonyl (C=O) groups excluding carboxylic acids is 2. The summed E-state index contributed by atoms with van der Waals surface area (Å²) in [6, 6.07) is 0.409. The molecule has 0 unspecified atom stereocenters. The molecular weight excluding hydrogens is 282 g/mol. The van der Waals surface area contributed by atoms with Gasteiger partial charge in [0.15, 0.2) is 0 Å². The van der Waals surface area contributed by atoms with E-state index < -0.39 is 0 Å². The van der Waals surface area contributed by atoms with Crippen molar-refractivity contribution in [3.8, 4) is 0 Å². The van der Waals surface area contributed by atoms with Gasteiger partial charge in [-0.15, -0.1) is 0 Å². The first-order valence-corrected chi connectivity index (χ1v) is 8.14. The third-order valence-corrected chi connectivity index (χ3v) is 4.57. The van der Waals surface area contributed by atoms with E-state index in [0.717, 1.165) is 32.5 Å². The average molecular weight is 311 g/mol. The second kappa shape index (κ2) is 6.96. The quantitative estimate of drug-likeness (QED) is 0.764. The standard InChI is InChI=1S/C16H29N3O3/c1-16(2)12-19(9-10-22-16)13-5-6-14(20)18(8-7-13)11-15(21)17(3)4/h13H,5-12H2,1-4H3/t13-/m0/s1. The molecule has 0 saturated carbocycles. The minimum atomic E-state index is -0.116. The Bertz CT molecular complexity index is 423. The number of morpholine rings is 1.